The zero-order chi connectivity index (χ0) is 25.2. The van der Waals surface area contributed by atoms with Crippen LogP contribution in [-0.4, -0.2) is 20.4 Å². The number of carbonyl (C=O) groups excluding carboxylic acids is 1. The van der Waals surface area contributed by atoms with E-state index in [1.165, 1.54) is 6.07 Å². The molecule has 0 bridgehead atoms. The fraction of sp³-hybridized carbons (Fsp3) is 0.444. The molecule has 4 rings (SSSR count). The van der Waals surface area contributed by atoms with Gasteiger partial charge in [0.2, 0.25) is 0 Å². The number of hydrogen-bond acceptors (Lipinski definition) is 4. The van der Waals surface area contributed by atoms with Crippen molar-refractivity contribution in [2.45, 2.75) is 76.1 Å². The van der Waals surface area contributed by atoms with Gasteiger partial charge in [0, 0.05) is 25.3 Å². The molecule has 1 atom stereocenters. The minimum atomic E-state index is -4.61. The highest BCUT2D eigenvalue weighted by molar-refractivity contribution is 5.82. The second-order valence-corrected chi connectivity index (χ2v) is 9.55. The minimum absolute atomic E-state index is 0.00345. The van der Waals surface area contributed by atoms with Crippen molar-refractivity contribution in [1.29, 1.82) is 5.26 Å². The molecule has 1 aromatic heterocycles. The zero-order valence-electron chi connectivity index (χ0n) is 19.6. The number of aryl methyl sites for hydroxylation is 1. The van der Waals surface area contributed by atoms with Gasteiger partial charge in [-0.1, -0.05) is 30.3 Å². The van der Waals surface area contributed by atoms with E-state index in [1.54, 1.807) is 19.1 Å². The molecule has 0 aliphatic heterocycles. The van der Waals surface area contributed by atoms with Crippen LogP contribution in [0, 0.1) is 11.3 Å². The average Bonchev–Trinajstić information content (AvgIpc) is 3.12. The number of aliphatic hydroxyl groups is 1. The SMILES string of the molecule is CC(O)(CC(=O)CCCCc1nc2c(C(F)(F)F)cc(C#N)cc2n1C1CCC1)c1ccccc1. The predicted molar refractivity (Wildman–Crippen MR) is 126 cm³/mol. The van der Waals surface area contributed by atoms with Gasteiger partial charge in [-0.15, -0.1) is 0 Å². The lowest BCUT2D eigenvalue weighted by Crippen LogP contribution is -2.25. The lowest BCUT2D eigenvalue weighted by Gasteiger charge is -2.29. The maximum Gasteiger partial charge on any atom is 0.418 e. The van der Waals surface area contributed by atoms with Gasteiger partial charge in [-0.25, -0.2) is 4.98 Å². The number of hydrogen-bond donors (Lipinski definition) is 1. The van der Waals surface area contributed by atoms with Crippen LogP contribution in [0.1, 0.15) is 80.4 Å². The molecule has 0 radical (unpaired) electrons. The summed E-state index contributed by atoms with van der Waals surface area (Å²) in [6, 6.07) is 13.3. The van der Waals surface area contributed by atoms with Crippen LogP contribution >= 0.6 is 0 Å². The molecule has 3 aromatic rings. The highest BCUT2D eigenvalue weighted by Crippen LogP contribution is 2.40. The molecule has 1 unspecified atom stereocenters. The molecule has 0 amide bonds. The molecule has 1 aliphatic carbocycles. The van der Waals surface area contributed by atoms with Crippen LogP contribution in [0.3, 0.4) is 0 Å². The highest BCUT2D eigenvalue weighted by atomic mass is 19.4. The van der Waals surface area contributed by atoms with E-state index in [1.807, 2.05) is 28.8 Å². The third-order valence-electron chi connectivity index (χ3n) is 6.79. The number of carbonyl (C=O) groups is 1. The Labute approximate surface area is 202 Å². The van der Waals surface area contributed by atoms with Gasteiger partial charge in [0.1, 0.15) is 17.1 Å². The third kappa shape index (κ3) is 5.40. The molecule has 1 N–H and O–H groups in total. The van der Waals surface area contributed by atoms with E-state index >= 15 is 0 Å². The zero-order valence-corrected chi connectivity index (χ0v) is 19.6. The molecule has 5 nitrogen and oxygen atoms in total. The van der Waals surface area contributed by atoms with Crippen LogP contribution in [0.5, 0.6) is 0 Å². The Kier molecular flexibility index (Phi) is 7.00. The number of Topliss-reactive ketones (excluding diaryl/α,β-unsaturated/α-hetero) is 1. The average molecular weight is 484 g/mol. The number of ketones is 1. The Balaban J connectivity index is 1.47. The third-order valence-corrected chi connectivity index (χ3v) is 6.79. The summed E-state index contributed by atoms with van der Waals surface area (Å²) in [6.07, 6.45) is -0.0234. The summed E-state index contributed by atoms with van der Waals surface area (Å²) in [7, 11) is 0. The maximum absolute atomic E-state index is 13.7. The Morgan fingerprint density at radius 1 is 1.20 bits per heavy atom. The number of imidazole rings is 1. The van der Waals surface area contributed by atoms with Crippen LogP contribution in [0.25, 0.3) is 11.0 Å². The number of rotatable bonds is 9. The van der Waals surface area contributed by atoms with Crippen LogP contribution < -0.4 is 0 Å². The summed E-state index contributed by atoms with van der Waals surface area (Å²) < 4.78 is 43.0. The van der Waals surface area contributed by atoms with Gasteiger partial charge in [0.25, 0.3) is 0 Å². The number of benzene rings is 2. The van der Waals surface area contributed by atoms with Crippen molar-refractivity contribution >= 4 is 16.8 Å². The number of nitrogens with zero attached hydrogens (tertiary/aromatic N) is 3. The summed E-state index contributed by atoms with van der Waals surface area (Å²) >= 11 is 0. The summed E-state index contributed by atoms with van der Waals surface area (Å²) in [5.41, 5.74) is -1.25. The molecule has 1 saturated carbocycles. The van der Waals surface area contributed by atoms with Crippen molar-refractivity contribution in [3.05, 3.63) is 65.0 Å². The molecule has 8 heteroatoms. The van der Waals surface area contributed by atoms with E-state index in [-0.39, 0.29) is 35.7 Å². The number of unbranched alkanes of at least 4 members (excludes halogenated alkanes) is 1. The van der Waals surface area contributed by atoms with Crippen molar-refractivity contribution in [2.75, 3.05) is 0 Å². The first-order chi connectivity index (χ1) is 16.6. The predicted octanol–water partition coefficient (Wildman–Crippen LogP) is 6.23. The Hall–Kier alpha value is -3.18. The molecule has 2 aromatic carbocycles. The molecule has 1 aliphatic rings. The second-order valence-electron chi connectivity index (χ2n) is 9.55. The lowest BCUT2D eigenvalue weighted by molar-refractivity contribution is -0.136. The summed E-state index contributed by atoms with van der Waals surface area (Å²) in [5.74, 6) is 0.499. The number of aromatic nitrogens is 2. The summed E-state index contributed by atoms with van der Waals surface area (Å²) in [4.78, 5) is 16.9. The Morgan fingerprint density at radius 2 is 1.91 bits per heavy atom. The molecule has 184 valence electrons. The molecular formula is C27H28F3N3O2. The summed E-state index contributed by atoms with van der Waals surface area (Å²) in [5, 5.41) is 20.0. The van der Waals surface area contributed by atoms with Crippen molar-refractivity contribution < 1.29 is 23.1 Å². The van der Waals surface area contributed by atoms with Crippen LogP contribution in [0.2, 0.25) is 0 Å². The van der Waals surface area contributed by atoms with E-state index in [0.29, 0.717) is 36.2 Å². The lowest BCUT2D eigenvalue weighted by atomic mass is 9.89. The Morgan fingerprint density at radius 3 is 2.51 bits per heavy atom. The Bertz CT molecular complexity index is 1250. The van der Waals surface area contributed by atoms with Crippen LogP contribution in [0.4, 0.5) is 13.2 Å². The van der Waals surface area contributed by atoms with Crippen LogP contribution in [0.15, 0.2) is 42.5 Å². The molecule has 35 heavy (non-hydrogen) atoms. The molecule has 1 fully saturated rings. The number of alkyl halides is 3. The number of fused-ring (bicyclic) bond motifs is 1. The van der Waals surface area contributed by atoms with Gasteiger partial charge >= 0.3 is 6.18 Å². The fourth-order valence-electron chi connectivity index (χ4n) is 4.73. The van der Waals surface area contributed by atoms with Crippen molar-refractivity contribution in [3.63, 3.8) is 0 Å². The smallest absolute Gasteiger partial charge is 0.385 e. The van der Waals surface area contributed by atoms with Gasteiger partial charge in [-0.2, -0.15) is 18.4 Å². The first-order valence-corrected chi connectivity index (χ1v) is 11.9. The van der Waals surface area contributed by atoms with E-state index in [4.69, 9.17) is 0 Å². The van der Waals surface area contributed by atoms with Crippen molar-refractivity contribution in [2.24, 2.45) is 0 Å². The topological polar surface area (TPSA) is 78.9 Å². The van der Waals surface area contributed by atoms with Gasteiger partial charge in [0.15, 0.2) is 0 Å². The van der Waals surface area contributed by atoms with Gasteiger partial charge in [-0.3, -0.25) is 4.79 Å². The minimum Gasteiger partial charge on any atom is -0.385 e. The van der Waals surface area contributed by atoms with Gasteiger partial charge in [0.05, 0.1) is 28.3 Å². The standard InChI is InChI=1S/C27H28F3N3O2/c1-26(35,19-8-3-2-4-9-19)16-21(34)12-5-6-13-24-32-25-22(27(28,29)30)14-18(17-31)15-23(25)33(24)20-10-7-11-20/h2-4,8-9,14-15,20,35H,5-7,10-13,16H2,1H3. The molecule has 1 heterocycles. The molecule has 0 spiro atoms. The normalized spacial score (nSPS) is 16.0. The van der Waals surface area contributed by atoms with E-state index < -0.39 is 17.3 Å². The number of nitriles is 1. The highest BCUT2D eigenvalue weighted by Gasteiger charge is 2.36. The van der Waals surface area contributed by atoms with E-state index in [2.05, 4.69) is 4.98 Å². The quantitative estimate of drug-likeness (QED) is 0.366. The largest absolute Gasteiger partial charge is 0.418 e. The molecule has 0 saturated heterocycles. The first kappa shape index (κ1) is 24.9. The second kappa shape index (κ2) is 9.82. The maximum atomic E-state index is 13.7. The van der Waals surface area contributed by atoms with E-state index in [0.717, 1.165) is 25.3 Å². The van der Waals surface area contributed by atoms with Crippen LogP contribution in [-0.2, 0) is 23.0 Å². The van der Waals surface area contributed by atoms with Gasteiger partial charge in [-0.05, 0) is 56.7 Å². The van der Waals surface area contributed by atoms with Crippen molar-refractivity contribution in [1.82, 2.24) is 9.55 Å². The first-order valence-electron chi connectivity index (χ1n) is 11.9. The van der Waals surface area contributed by atoms with Gasteiger partial charge < -0.3 is 9.67 Å². The molecular weight excluding hydrogens is 455 g/mol. The monoisotopic (exact) mass is 483 g/mol. The van der Waals surface area contributed by atoms with E-state index in [9.17, 15) is 28.3 Å². The summed E-state index contributed by atoms with van der Waals surface area (Å²) in [6.45, 7) is 1.62. The fourth-order valence-corrected chi connectivity index (χ4v) is 4.73. The van der Waals surface area contributed by atoms with Crippen molar-refractivity contribution in [3.8, 4) is 6.07 Å². The number of halogens is 3.